The Balaban J connectivity index is 1.40. The van der Waals surface area contributed by atoms with E-state index in [0.717, 1.165) is 21.9 Å². The normalized spacial score (nSPS) is 13.2. The predicted molar refractivity (Wildman–Crippen MR) is 180 cm³/mol. The summed E-state index contributed by atoms with van der Waals surface area (Å²) in [5, 5.41) is 7.03. The van der Waals surface area contributed by atoms with Crippen LogP contribution in [0.2, 0.25) is 0 Å². The summed E-state index contributed by atoms with van der Waals surface area (Å²) in [7, 11) is -8.19. The van der Waals surface area contributed by atoms with Crippen molar-refractivity contribution in [3.63, 3.8) is 0 Å². The minimum absolute atomic E-state index is 0.0290. The van der Waals surface area contributed by atoms with E-state index in [1.165, 1.54) is 24.3 Å². The van der Waals surface area contributed by atoms with Crippen molar-refractivity contribution in [1.29, 1.82) is 0 Å². The number of aryl methyl sites for hydroxylation is 2. The van der Waals surface area contributed by atoms with Crippen LogP contribution in [-0.4, -0.2) is 28.9 Å². The van der Waals surface area contributed by atoms with Gasteiger partial charge in [0.2, 0.25) is 0 Å². The number of para-hydroxylation sites is 2. The molecule has 11 nitrogen and oxygen atoms in total. The van der Waals surface area contributed by atoms with Gasteiger partial charge >= 0.3 is 12.1 Å². The summed E-state index contributed by atoms with van der Waals surface area (Å²) in [6, 6.07) is 20.3. The van der Waals surface area contributed by atoms with Crippen LogP contribution in [0, 0.1) is 13.8 Å². The van der Waals surface area contributed by atoms with Crippen molar-refractivity contribution in [2.45, 2.75) is 62.4 Å². The molecule has 0 saturated carbocycles. The summed E-state index contributed by atoms with van der Waals surface area (Å²) < 4.78 is 61.8. The Morgan fingerprint density at radius 3 is 1.30 bits per heavy atom. The highest BCUT2D eigenvalue weighted by Crippen LogP contribution is 2.37. The Hall–Kier alpha value is -4.88. The molecule has 5 aromatic rings. The lowest BCUT2D eigenvalue weighted by atomic mass is 9.99. The second-order valence-corrected chi connectivity index (χ2v) is 14.6. The molecule has 0 radical (unpaired) electrons. The van der Waals surface area contributed by atoms with Gasteiger partial charge in [0.1, 0.15) is 11.2 Å². The molecule has 1 aromatic heterocycles. The predicted octanol–water partition coefficient (Wildman–Crippen LogP) is 6.48. The molecule has 4 amide bonds. The molecule has 1 heterocycles. The molecule has 0 aliphatic carbocycles. The van der Waals surface area contributed by atoms with Crippen molar-refractivity contribution >= 4 is 54.0 Å². The molecule has 47 heavy (non-hydrogen) atoms. The standard InChI is InChI=1S/C34H36N4O7S2/c1-5-29(35-33(39)37-46(41,42)23-17-13-21(3)14-18-23)27-11-7-9-25-26-10-8-12-28(32(26)45-31(25)27)30(6-2)36-34(40)38-47(43,44)24-19-15-22(4)16-20-24/h7-20,29-30H,5-6H2,1-4H3,(H2,35,37,39)(H2,36,38,40)/t29-,30-/m1/s1. The molecule has 0 fully saturated rings. The van der Waals surface area contributed by atoms with Gasteiger partial charge in [-0.3, -0.25) is 0 Å². The third kappa shape index (κ3) is 7.26. The molecule has 5 rings (SSSR count). The number of hydrogen-bond donors (Lipinski definition) is 4. The van der Waals surface area contributed by atoms with Gasteiger partial charge in [-0.1, -0.05) is 85.6 Å². The summed E-state index contributed by atoms with van der Waals surface area (Å²) in [6.07, 6.45) is 0.853. The summed E-state index contributed by atoms with van der Waals surface area (Å²) in [5.41, 5.74) is 4.03. The average molecular weight is 677 g/mol. The summed E-state index contributed by atoms with van der Waals surface area (Å²) in [5.74, 6) is 0. The van der Waals surface area contributed by atoms with Crippen molar-refractivity contribution < 1.29 is 30.8 Å². The van der Waals surface area contributed by atoms with Crippen LogP contribution in [0.5, 0.6) is 0 Å². The smallest absolute Gasteiger partial charge is 0.329 e. The maximum absolute atomic E-state index is 12.9. The van der Waals surface area contributed by atoms with Gasteiger partial charge in [0, 0.05) is 21.9 Å². The van der Waals surface area contributed by atoms with E-state index in [-0.39, 0.29) is 9.79 Å². The molecule has 0 aliphatic heterocycles. The zero-order chi connectivity index (χ0) is 33.9. The fraction of sp³-hybridized carbons (Fsp3) is 0.235. The van der Waals surface area contributed by atoms with Gasteiger partial charge in [0.15, 0.2) is 0 Å². The fourth-order valence-electron chi connectivity index (χ4n) is 5.38. The molecule has 0 bridgehead atoms. The van der Waals surface area contributed by atoms with Crippen LogP contribution < -0.4 is 20.1 Å². The van der Waals surface area contributed by atoms with Crippen LogP contribution in [0.25, 0.3) is 21.9 Å². The van der Waals surface area contributed by atoms with Gasteiger partial charge in [-0.25, -0.2) is 35.9 Å². The first-order valence-corrected chi connectivity index (χ1v) is 18.0. The molecule has 4 aromatic carbocycles. The molecule has 4 N–H and O–H groups in total. The number of fused-ring (bicyclic) bond motifs is 3. The second kappa shape index (κ2) is 13.5. The Morgan fingerprint density at radius 1 is 0.596 bits per heavy atom. The van der Waals surface area contributed by atoms with Gasteiger partial charge in [-0.15, -0.1) is 0 Å². The highest BCUT2D eigenvalue weighted by atomic mass is 32.2. The lowest BCUT2D eigenvalue weighted by Crippen LogP contribution is -2.41. The lowest BCUT2D eigenvalue weighted by Gasteiger charge is -2.18. The Labute approximate surface area is 273 Å². The second-order valence-electron chi connectivity index (χ2n) is 11.3. The maximum atomic E-state index is 12.9. The van der Waals surface area contributed by atoms with Crippen LogP contribution in [0.15, 0.2) is 99.1 Å². The number of amides is 4. The van der Waals surface area contributed by atoms with Crippen molar-refractivity contribution in [3.05, 3.63) is 107 Å². The molecular formula is C34H36N4O7S2. The quantitative estimate of drug-likeness (QED) is 0.132. The lowest BCUT2D eigenvalue weighted by molar-refractivity contribution is 0.241. The molecule has 0 spiro atoms. The highest BCUT2D eigenvalue weighted by molar-refractivity contribution is 7.90. The van der Waals surface area contributed by atoms with Crippen LogP contribution in [0.1, 0.15) is 61.0 Å². The van der Waals surface area contributed by atoms with Gasteiger partial charge < -0.3 is 15.1 Å². The first-order chi connectivity index (χ1) is 22.3. The minimum atomic E-state index is -4.10. The van der Waals surface area contributed by atoms with E-state index in [2.05, 4.69) is 20.1 Å². The number of nitrogens with one attached hydrogen (secondary N) is 4. The molecule has 13 heteroatoms. The van der Waals surface area contributed by atoms with Gasteiger partial charge in [0.25, 0.3) is 20.0 Å². The van der Waals surface area contributed by atoms with Gasteiger partial charge in [-0.2, -0.15) is 0 Å². The Kier molecular flexibility index (Phi) is 9.59. The highest BCUT2D eigenvalue weighted by Gasteiger charge is 2.26. The van der Waals surface area contributed by atoms with E-state index in [1.54, 1.807) is 36.4 Å². The number of carbonyl (C=O) groups excluding carboxylic acids is 2. The molecular weight excluding hydrogens is 641 g/mol. The third-order valence-corrected chi connectivity index (χ3v) is 10.6. The van der Waals surface area contributed by atoms with E-state index in [1.807, 2.05) is 52.0 Å². The van der Waals surface area contributed by atoms with E-state index in [0.29, 0.717) is 35.1 Å². The van der Waals surface area contributed by atoms with Gasteiger partial charge in [-0.05, 0) is 51.0 Å². The van der Waals surface area contributed by atoms with E-state index < -0.39 is 44.2 Å². The van der Waals surface area contributed by atoms with Crippen LogP contribution in [0.4, 0.5) is 9.59 Å². The summed E-state index contributed by atoms with van der Waals surface area (Å²) >= 11 is 0. The van der Waals surface area contributed by atoms with E-state index in [9.17, 15) is 26.4 Å². The third-order valence-electron chi connectivity index (χ3n) is 7.88. The molecule has 0 saturated heterocycles. The number of sulfonamides is 2. The first kappa shape index (κ1) is 33.5. The molecule has 246 valence electrons. The van der Waals surface area contributed by atoms with Crippen molar-refractivity contribution in [1.82, 2.24) is 20.1 Å². The first-order valence-electron chi connectivity index (χ1n) is 15.1. The minimum Gasteiger partial charge on any atom is -0.455 e. The topological polar surface area (TPSA) is 164 Å². The molecule has 2 atom stereocenters. The molecule has 0 aliphatic rings. The number of furan rings is 1. The number of benzene rings is 4. The van der Waals surface area contributed by atoms with Crippen LogP contribution in [0.3, 0.4) is 0 Å². The number of carbonyl (C=O) groups is 2. The monoisotopic (exact) mass is 676 g/mol. The fourth-order valence-corrected chi connectivity index (χ4v) is 7.21. The van der Waals surface area contributed by atoms with Crippen LogP contribution in [-0.2, 0) is 20.0 Å². The average Bonchev–Trinajstić information content (AvgIpc) is 3.42. The summed E-state index contributed by atoms with van der Waals surface area (Å²) in [6.45, 7) is 7.37. The largest absolute Gasteiger partial charge is 0.455 e. The van der Waals surface area contributed by atoms with Crippen molar-refractivity contribution in [3.8, 4) is 0 Å². The summed E-state index contributed by atoms with van der Waals surface area (Å²) in [4.78, 5) is 25.8. The number of hydrogen-bond acceptors (Lipinski definition) is 7. The molecule has 0 unspecified atom stereocenters. The number of urea groups is 2. The van der Waals surface area contributed by atoms with Gasteiger partial charge in [0.05, 0.1) is 21.9 Å². The number of rotatable bonds is 10. The van der Waals surface area contributed by atoms with E-state index >= 15 is 0 Å². The zero-order valence-corrected chi connectivity index (χ0v) is 28.0. The van der Waals surface area contributed by atoms with Crippen molar-refractivity contribution in [2.75, 3.05) is 0 Å². The Morgan fingerprint density at radius 2 is 0.957 bits per heavy atom. The Bertz CT molecular complexity index is 2010. The maximum Gasteiger partial charge on any atom is 0.329 e. The van der Waals surface area contributed by atoms with Crippen molar-refractivity contribution in [2.24, 2.45) is 0 Å². The zero-order valence-electron chi connectivity index (χ0n) is 26.3. The van der Waals surface area contributed by atoms with Crippen LogP contribution >= 0.6 is 0 Å². The SMILES string of the molecule is CC[C@@H](NC(=O)NS(=O)(=O)c1ccc(C)cc1)c1cccc2c1oc1c([C@@H](CC)NC(=O)NS(=O)(=O)c3ccc(C)cc3)cccc12. The van der Waals surface area contributed by atoms with E-state index in [4.69, 9.17) is 4.42 Å².